The third kappa shape index (κ3) is 4.33. The van der Waals surface area contributed by atoms with Crippen LogP contribution in [0.4, 0.5) is 11.4 Å². The maximum atomic E-state index is 5.98. The van der Waals surface area contributed by atoms with Gasteiger partial charge in [-0.15, -0.1) is 0 Å². The first-order valence-corrected chi connectivity index (χ1v) is 10.7. The Morgan fingerprint density at radius 3 is 2.00 bits per heavy atom. The number of thiocarbonyl (C=S) groups is 1. The van der Waals surface area contributed by atoms with Crippen LogP contribution in [0.15, 0.2) is 42.5 Å². The van der Waals surface area contributed by atoms with Gasteiger partial charge in [0.15, 0.2) is 5.11 Å². The van der Waals surface area contributed by atoms with Gasteiger partial charge in [-0.2, -0.15) is 0 Å². The minimum atomic E-state index is 0.606. The summed E-state index contributed by atoms with van der Waals surface area (Å²) >= 11 is 5.98. The minimum absolute atomic E-state index is 0.606. The molecular weight excluding hydrogens is 364 g/mol. The molecule has 1 aliphatic rings. The first-order chi connectivity index (χ1) is 13.4. The molecule has 0 aliphatic carbocycles. The minimum Gasteiger partial charge on any atom is -0.495 e. The second-order valence-electron chi connectivity index (χ2n) is 8.38. The van der Waals surface area contributed by atoms with Gasteiger partial charge in [-0.25, -0.2) is 0 Å². The molecule has 28 heavy (non-hydrogen) atoms. The lowest BCUT2D eigenvalue weighted by molar-refractivity contribution is 0.415. The summed E-state index contributed by atoms with van der Waals surface area (Å²) in [5.41, 5.74) is 5.17. The summed E-state index contributed by atoms with van der Waals surface area (Å²) in [4.78, 5) is 4.55. The lowest BCUT2D eigenvalue weighted by Gasteiger charge is -2.28. The fourth-order valence-corrected chi connectivity index (χ4v) is 4.39. The Labute approximate surface area is 175 Å². The quantitative estimate of drug-likeness (QED) is 0.557. The van der Waals surface area contributed by atoms with Crippen molar-refractivity contribution in [1.82, 2.24) is 0 Å². The molecule has 150 valence electrons. The van der Waals surface area contributed by atoms with Gasteiger partial charge in [0.2, 0.25) is 0 Å². The van der Waals surface area contributed by atoms with E-state index in [1.54, 1.807) is 7.11 Å². The molecule has 1 aliphatic heterocycles. The van der Waals surface area contributed by atoms with Crippen LogP contribution in [0.3, 0.4) is 0 Å². The van der Waals surface area contributed by atoms with Crippen LogP contribution in [0.25, 0.3) is 0 Å². The SMILES string of the molecule is COc1ccccc1N1CCN(c2c(CC(C)C)cccc2CC(C)C)C1=S. The Bertz CT molecular complexity index is 803. The fraction of sp³-hybridized carbons (Fsp3) is 0.458. The highest BCUT2D eigenvalue weighted by molar-refractivity contribution is 7.80. The number of hydrogen-bond acceptors (Lipinski definition) is 2. The lowest BCUT2D eigenvalue weighted by Crippen LogP contribution is -2.33. The zero-order valence-electron chi connectivity index (χ0n) is 17.7. The van der Waals surface area contributed by atoms with E-state index < -0.39 is 0 Å². The molecule has 0 spiro atoms. The Balaban J connectivity index is 2.00. The molecule has 1 heterocycles. The van der Waals surface area contributed by atoms with Crippen LogP contribution >= 0.6 is 12.2 Å². The predicted octanol–water partition coefficient (Wildman–Crippen LogP) is 5.70. The maximum Gasteiger partial charge on any atom is 0.180 e. The second-order valence-corrected chi connectivity index (χ2v) is 8.74. The van der Waals surface area contributed by atoms with E-state index in [1.807, 2.05) is 18.2 Å². The largest absolute Gasteiger partial charge is 0.495 e. The summed E-state index contributed by atoms with van der Waals surface area (Å²) < 4.78 is 5.58. The number of anilines is 2. The fourth-order valence-electron chi connectivity index (χ4n) is 4.02. The van der Waals surface area contributed by atoms with Crippen molar-refractivity contribution in [2.45, 2.75) is 40.5 Å². The third-order valence-electron chi connectivity index (χ3n) is 5.11. The Hall–Kier alpha value is -2.07. The average molecular weight is 397 g/mol. The first kappa shape index (κ1) is 20.7. The summed E-state index contributed by atoms with van der Waals surface area (Å²) in [5, 5.41) is 0.866. The number of methoxy groups -OCH3 is 1. The van der Waals surface area contributed by atoms with Crippen molar-refractivity contribution < 1.29 is 4.74 Å². The smallest absolute Gasteiger partial charge is 0.180 e. The Kier molecular flexibility index (Phi) is 6.61. The molecule has 2 aromatic carbocycles. The highest BCUT2D eigenvalue weighted by atomic mass is 32.1. The molecule has 3 rings (SSSR count). The highest BCUT2D eigenvalue weighted by Crippen LogP contribution is 2.36. The molecular formula is C24H32N2OS. The van der Waals surface area contributed by atoms with Crippen LogP contribution in [0.1, 0.15) is 38.8 Å². The molecule has 0 radical (unpaired) electrons. The maximum absolute atomic E-state index is 5.98. The first-order valence-electron chi connectivity index (χ1n) is 10.2. The van der Waals surface area contributed by atoms with E-state index in [9.17, 15) is 0 Å². The van der Waals surface area contributed by atoms with E-state index in [-0.39, 0.29) is 0 Å². The molecule has 0 aromatic heterocycles. The van der Waals surface area contributed by atoms with Crippen LogP contribution in [0.5, 0.6) is 5.75 Å². The normalized spacial score (nSPS) is 14.5. The second kappa shape index (κ2) is 8.95. The van der Waals surface area contributed by atoms with Gasteiger partial charge in [-0.05, 0) is 60.2 Å². The van der Waals surface area contributed by atoms with Gasteiger partial charge < -0.3 is 14.5 Å². The van der Waals surface area contributed by atoms with E-state index >= 15 is 0 Å². The molecule has 1 fully saturated rings. The van der Waals surface area contributed by atoms with Crippen molar-refractivity contribution >= 4 is 28.7 Å². The van der Waals surface area contributed by atoms with Gasteiger partial charge in [-0.3, -0.25) is 0 Å². The molecule has 0 amide bonds. The summed E-state index contributed by atoms with van der Waals surface area (Å²) in [5.74, 6) is 2.08. The van der Waals surface area contributed by atoms with Gasteiger partial charge in [0.25, 0.3) is 0 Å². The monoisotopic (exact) mass is 396 g/mol. The predicted molar refractivity (Wildman–Crippen MR) is 124 cm³/mol. The molecule has 2 aromatic rings. The molecule has 0 N–H and O–H groups in total. The van der Waals surface area contributed by atoms with E-state index in [0.29, 0.717) is 11.8 Å². The Morgan fingerprint density at radius 1 is 0.857 bits per heavy atom. The highest BCUT2D eigenvalue weighted by Gasteiger charge is 2.31. The molecule has 0 bridgehead atoms. The van der Waals surface area contributed by atoms with Crippen molar-refractivity contribution in [3.05, 3.63) is 53.6 Å². The van der Waals surface area contributed by atoms with Crippen LogP contribution in [-0.4, -0.2) is 25.3 Å². The number of para-hydroxylation sites is 3. The van der Waals surface area contributed by atoms with E-state index in [2.05, 4.69) is 61.8 Å². The van der Waals surface area contributed by atoms with Gasteiger partial charge in [0.1, 0.15) is 5.75 Å². The lowest BCUT2D eigenvalue weighted by atomic mass is 9.93. The zero-order chi connectivity index (χ0) is 20.3. The average Bonchev–Trinajstić information content (AvgIpc) is 3.02. The van der Waals surface area contributed by atoms with Crippen LogP contribution in [-0.2, 0) is 12.8 Å². The van der Waals surface area contributed by atoms with E-state index in [4.69, 9.17) is 17.0 Å². The van der Waals surface area contributed by atoms with Crippen LogP contribution in [0.2, 0.25) is 0 Å². The number of rotatable bonds is 7. The van der Waals surface area contributed by atoms with Gasteiger partial charge in [0.05, 0.1) is 12.8 Å². The van der Waals surface area contributed by atoms with Crippen molar-refractivity contribution in [2.24, 2.45) is 11.8 Å². The van der Waals surface area contributed by atoms with Crippen LogP contribution in [0, 0.1) is 11.8 Å². The summed E-state index contributed by atoms with van der Waals surface area (Å²) in [7, 11) is 1.72. The summed E-state index contributed by atoms with van der Waals surface area (Å²) in [6.45, 7) is 10.9. The number of benzene rings is 2. The molecule has 4 heteroatoms. The van der Waals surface area contributed by atoms with Crippen molar-refractivity contribution in [1.29, 1.82) is 0 Å². The molecule has 3 nitrogen and oxygen atoms in total. The molecule has 1 saturated heterocycles. The number of hydrogen-bond donors (Lipinski definition) is 0. The van der Waals surface area contributed by atoms with Crippen molar-refractivity contribution in [3.63, 3.8) is 0 Å². The summed E-state index contributed by atoms with van der Waals surface area (Å²) in [6.07, 6.45) is 2.13. The third-order valence-corrected chi connectivity index (χ3v) is 5.56. The number of ether oxygens (including phenoxy) is 1. The van der Waals surface area contributed by atoms with Crippen LogP contribution < -0.4 is 14.5 Å². The Morgan fingerprint density at radius 2 is 1.43 bits per heavy atom. The molecule has 0 atom stereocenters. The molecule has 0 unspecified atom stereocenters. The zero-order valence-corrected chi connectivity index (χ0v) is 18.6. The summed E-state index contributed by atoms with van der Waals surface area (Å²) in [6, 6.07) is 14.9. The van der Waals surface area contributed by atoms with Crippen molar-refractivity contribution in [2.75, 3.05) is 30.0 Å². The van der Waals surface area contributed by atoms with Gasteiger partial charge in [0, 0.05) is 18.8 Å². The van der Waals surface area contributed by atoms with Crippen molar-refractivity contribution in [3.8, 4) is 5.75 Å². The van der Waals surface area contributed by atoms with Gasteiger partial charge >= 0.3 is 0 Å². The van der Waals surface area contributed by atoms with Gasteiger partial charge in [-0.1, -0.05) is 58.0 Å². The topological polar surface area (TPSA) is 15.7 Å². The molecule has 0 saturated carbocycles. The number of nitrogens with zero attached hydrogens (tertiary/aromatic N) is 2. The standard InChI is InChI=1S/C24H32N2OS/c1-17(2)15-19-9-8-10-20(16-18(3)4)23(19)26-14-13-25(24(26)28)21-11-6-7-12-22(21)27-5/h6-12,17-18H,13-16H2,1-5H3. The van der Waals surface area contributed by atoms with E-state index in [0.717, 1.165) is 42.5 Å². The van der Waals surface area contributed by atoms with E-state index in [1.165, 1.54) is 16.8 Å².